The predicted octanol–water partition coefficient (Wildman–Crippen LogP) is 2.06. The molecular weight excluding hydrogens is 175 g/mol. The van der Waals surface area contributed by atoms with E-state index in [0.717, 1.165) is 8.84 Å². The third-order valence-electron chi connectivity index (χ3n) is 0.970. The molecule has 0 saturated heterocycles. The molecular formula is C5H10Cl2N2O. The summed E-state index contributed by atoms with van der Waals surface area (Å²) in [5, 5.41) is 0. The molecule has 0 unspecified atom stereocenters. The van der Waals surface area contributed by atoms with Gasteiger partial charge in [-0.1, -0.05) is 0 Å². The van der Waals surface area contributed by atoms with Gasteiger partial charge < -0.3 is 0 Å². The van der Waals surface area contributed by atoms with Crippen molar-refractivity contribution in [1.82, 2.24) is 8.84 Å². The highest BCUT2D eigenvalue weighted by Gasteiger charge is 2.13. The number of carbonyl (C=O) groups is 1. The minimum absolute atomic E-state index is 0.381. The third kappa shape index (κ3) is 2.62. The van der Waals surface area contributed by atoms with E-state index in [4.69, 9.17) is 23.6 Å². The molecule has 0 spiro atoms. The van der Waals surface area contributed by atoms with Crippen LogP contribution in [0.4, 0.5) is 4.79 Å². The van der Waals surface area contributed by atoms with E-state index < -0.39 is 0 Å². The molecule has 2 amide bonds. The van der Waals surface area contributed by atoms with E-state index in [0.29, 0.717) is 13.1 Å². The SMILES string of the molecule is CCN(Cl)C(=O)N(Cl)CC. The van der Waals surface area contributed by atoms with E-state index >= 15 is 0 Å². The van der Waals surface area contributed by atoms with Crippen molar-refractivity contribution < 1.29 is 4.79 Å². The zero-order valence-corrected chi connectivity index (χ0v) is 7.48. The molecule has 0 atom stereocenters. The average Bonchev–Trinajstić information content (AvgIpc) is 2.00. The van der Waals surface area contributed by atoms with Crippen LogP contribution in [0, 0.1) is 0 Å². The van der Waals surface area contributed by atoms with Crippen LogP contribution in [0.15, 0.2) is 0 Å². The Kier molecular flexibility index (Phi) is 4.56. The molecule has 60 valence electrons. The highest BCUT2D eigenvalue weighted by Crippen LogP contribution is 2.03. The molecule has 0 aromatic heterocycles. The Bertz CT molecular complexity index is 108. The van der Waals surface area contributed by atoms with E-state index in [1.165, 1.54) is 0 Å². The van der Waals surface area contributed by atoms with Crippen LogP contribution in [0.3, 0.4) is 0 Å². The molecule has 0 aliphatic carbocycles. The third-order valence-corrected chi connectivity index (χ3v) is 1.74. The van der Waals surface area contributed by atoms with Crippen LogP contribution in [0.25, 0.3) is 0 Å². The summed E-state index contributed by atoms with van der Waals surface area (Å²) in [6.45, 7) is 4.43. The Morgan fingerprint density at radius 2 is 1.50 bits per heavy atom. The number of rotatable bonds is 2. The standard InChI is InChI=1S/C5H10Cl2N2O/c1-3-8(6)5(10)9(7)4-2/h3-4H2,1-2H3. The van der Waals surface area contributed by atoms with Crippen LogP contribution in [0.2, 0.25) is 0 Å². The Labute approximate surface area is 70.7 Å². The molecule has 0 radical (unpaired) electrons. The first-order valence-electron chi connectivity index (χ1n) is 3.04. The molecule has 0 fully saturated rings. The number of hydrogen-bond acceptors (Lipinski definition) is 1. The molecule has 10 heavy (non-hydrogen) atoms. The summed E-state index contributed by atoms with van der Waals surface area (Å²) in [5.74, 6) is 0. The molecule has 0 aliphatic rings. The van der Waals surface area contributed by atoms with Gasteiger partial charge in [-0.15, -0.1) is 0 Å². The Morgan fingerprint density at radius 1 is 1.20 bits per heavy atom. The maximum absolute atomic E-state index is 10.9. The first-order valence-corrected chi connectivity index (χ1v) is 3.71. The number of amides is 2. The fourth-order valence-electron chi connectivity index (χ4n) is 0.388. The zero-order valence-electron chi connectivity index (χ0n) is 5.97. The van der Waals surface area contributed by atoms with Crippen molar-refractivity contribution in [2.75, 3.05) is 13.1 Å². The van der Waals surface area contributed by atoms with Crippen molar-refractivity contribution in [2.24, 2.45) is 0 Å². The van der Waals surface area contributed by atoms with Gasteiger partial charge in [0.2, 0.25) is 0 Å². The normalized spacial score (nSPS) is 9.20. The second kappa shape index (κ2) is 4.63. The summed E-state index contributed by atoms with van der Waals surface area (Å²) in [7, 11) is 0. The van der Waals surface area contributed by atoms with Gasteiger partial charge in [0.15, 0.2) is 0 Å². The fraction of sp³-hybridized carbons (Fsp3) is 0.800. The lowest BCUT2D eigenvalue weighted by Gasteiger charge is -2.16. The minimum atomic E-state index is -0.381. The van der Waals surface area contributed by atoms with E-state index in [-0.39, 0.29) is 6.03 Å². The van der Waals surface area contributed by atoms with Gasteiger partial charge in [0.25, 0.3) is 0 Å². The summed E-state index contributed by atoms with van der Waals surface area (Å²) in [4.78, 5) is 10.9. The maximum atomic E-state index is 10.9. The van der Waals surface area contributed by atoms with Crippen molar-refractivity contribution >= 4 is 29.6 Å². The monoisotopic (exact) mass is 184 g/mol. The smallest absolute Gasteiger partial charge is 0.246 e. The minimum Gasteiger partial charge on any atom is -0.246 e. The topological polar surface area (TPSA) is 23.6 Å². The van der Waals surface area contributed by atoms with Gasteiger partial charge in [-0.05, 0) is 13.8 Å². The number of halogens is 2. The van der Waals surface area contributed by atoms with Gasteiger partial charge in [-0.2, -0.15) is 0 Å². The molecule has 0 heterocycles. The number of nitrogens with zero attached hydrogens (tertiary/aromatic N) is 2. The Hall–Kier alpha value is -0.150. The summed E-state index contributed by atoms with van der Waals surface area (Å²) in [6.07, 6.45) is 0. The second-order valence-corrected chi connectivity index (χ2v) is 2.46. The maximum Gasteiger partial charge on any atom is 0.349 e. The van der Waals surface area contributed by atoms with Gasteiger partial charge in [-0.25, -0.2) is 13.6 Å². The van der Waals surface area contributed by atoms with Crippen LogP contribution < -0.4 is 0 Å². The van der Waals surface area contributed by atoms with E-state index in [1.807, 2.05) is 0 Å². The second-order valence-electron chi connectivity index (χ2n) is 1.64. The molecule has 0 aliphatic heterocycles. The molecule has 0 aromatic rings. The van der Waals surface area contributed by atoms with Crippen molar-refractivity contribution in [2.45, 2.75) is 13.8 Å². The van der Waals surface area contributed by atoms with E-state index in [2.05, 4.69) is 0 Å². The molecule has 0 bridgehead atoms. The number of hydrogen-bond donors (Lipinski definition) is 0. The first-order chi connectivity index (χ1) is 4.63. The van der Waals surface area contributed by atoms with Gasteiger partial charge in [0.05, 0.1) is 0 Å². The predicted molar refractivity (Wildman–Crippen MR) is 41.9 cm³/mol. The van der Waals surface area contributed by atoms with Crippen molar-refractivity contribution in [3.8, 4) is 0 Å². The quantitative estimate of drug-likeness (QED) is 0.604. The lowest BCUT2D eigenvalue weighted by Crippen LogP contribution is -2.31. The highest BCUT2D eigenvalue weighted by atomic mass is 35.5. The van der Waals surface area contributed by atoms with Crippen LogP contribution >= 0.6 is 23.6 Å². The van der Waals surface area contributed by atoms with Gasteiger partial charge in [0.1, 0.15) is 0 Å². The Balaban J connectivity index is 3.82. The van der Waals surface area contributed by atoms with Gasteiger partial charge in [-0.3, -0.25) is 0 Å². The first kappa shape index (κ1) is 9.85. The van der Waals surface area contributed by atoms with Crippen LogP contribution in [0.1, 0.15) is 13.8 Å². The van der Waals surface area contributed by atoms with Gasteiger partial charge in [0, 0.05) is 36.6 Å². The highest BCUT2D eigenvalue weighted by molar-refractivity contribution is 6.27. The summed E-state index contributed by atoms with van der Waals surface area (Å²) in [6, 6.07) is -0.381. The molecule has 5 heteroatoms. The lowest BCUT2D eigenvalue weighted by molar-refractivity contribution is 0.208. The Morgan fingerprint density at radius 3 is 1.70 bits per heavy atom. The summed E-state index contributed by atoms with van der Waals surface area (Å²) in [5.41, 5.74) is 0. The fourth-order valence-corrected chi connectivity index (χ4v) is 0.609. The van der Waals surface area contributed by atoms with Gasteiger partial charge >= 0.3 is 6.03 Å². The zero-order chi connectivity index (χ0) is 8.15. The molecule has 0 N–H and O–H groups in total. The molecule has 3 nitrogen and oxygen atoms in total. The van der Waals surface area contributed by atoms with Crippen molar-refractivity contribution in [1.29, 1.82) is 0 Å². The van der Waals surface area contributed by atoms with Crippen LogP contribution in [-0.2, 0) is 0 Å². The van der Waals surface area contributed by atoms with E-state index in [1.54, 1.807) is 13.8 Å². The largest absolute Gasteiger partial charge is 0.349 e. The summed E-state index contributed by atoms with van der Waals surface area (Å²) < 4.78 is 2.05. The average molecular weight is 185 g/mol. The summed E-state index contributed by atoms with van der Waals surface area (Å²) >= 11 is 10.9. The lowest BCUT2D eigenvalue weighted by atomic mass is 10.7. The number of carbonyl (C=O) groups excluding carboxylic acids is 1. The van der Waals surface area contributed by atoms with Crippen molar-refractivity contribution in [3.63, 3.8) is 0 Å². The van der Waals surface area contributed by atoms with E-state index in [9.17, 15) is 4.79 Å². The molecule has 0 aromatic carbocycles. The molecule has 0 saturated carbocycles. The molecule has 0 rings (SSSR count). The number of urea groups is 1. The van der Waals surface area contributed by atoms with Crippen molar-refractivity contribution in [3.05, 3.63) is 0 Å². The van der Waals surface area contributed by atoms with Crippen LogP contribution in [-0.4, -0.2) is 28.0 Å². The van der Waals surface area contributed by atoms with Crippen LogP contribution in [0.5, 0.6) is 0 Å².